The van der Waals surface area contributed by atoms with Crippen LogP contribution < -0.4 is 4.31 Å². The van der Waals surface area contributed by atoms with E-state index in [-0.39, 0.29) is 5.75 Å². The number of unbranched alkanes of at least 4 members (excludes halogenated alkanes) is 1. The number of pyridine rings is 1. The van der Waals surface area contributed by atoms with Crippen molar-refractivity contribution in [3.05, 3.63) is 59.4 Å². The Morgan fingerprint density at radius 3 is 2.52 bits per heavy atom. The van der Waals surface area contributed by atoms with Crippen molar-refractivity contribution in [3.63, 3.8) is 0 Å². The van der Waals surface area contributed by atoms with Gasteiger partial charge in [0.15, 0.2) is 0 Å². The van der Waals surface area contributed by atoms with Crippen molar-refractivity contribution in [1.29, 1.82) is 0 Å². The fourth-order valence-corrected chi connectivity index (χ4v) is 3.98. The lowest BCUT2D eigenvalue weighted by Gasteiger charge is -2.25. The van der Waals surface area contributed by atoms with Crippen LogP contribution in [-0.4, -0.2) is 19.2 Å². The highest BCUT2D eigenvalue weighted by atomic mass is 32.2. The number of anilines is 1. The second kappa shape index (κ2) is 7.59. The Balaban J connectivity index is 2.40. The summed E-state index contributed by atoms with van der Waals surface area (Å²) in [6.07, 6.45) is 4.92. The summed E-state index contributed by atoms with van der Waals surface area (Å²) in [4.78, 5) is 4.09. The number of nitrogens with zero attached hydrogens (tertiary/aromatic N) is 2. The summed E-state index contributed by atoms with van der Waals surface area (Å²) in [6.45, 7) is 6.33. The number of hydrogen-bond acceptors (Lipinski definition) is 3. The van der Waals surface area contributed by atoms with E-state index < -0.39 is 10.0 Å². The van der Waals surface area contributed by atoms with Crippen molar-refractivity contribution in [1.82, 2.24) is 4.98 Å². The third kappa shape index (κ3) is 4.55. The van der Waals surface area contributed by atoms with Crippen LogP contribution in [0.25, 0.3) is 0 Å². The summed E-state index contributed by atoms with van der Waals surface area (Å²) in [7, 11) is -3.36. The van der Waals surface area contributed by atoms with E-state index in [9.17, 15) is 8.42 Å². The van der Waals surface area contributed by atoms with E-state index in [4.69, 9.17) is 0 Å². The molecule has 0 unspecified atom stereocenters. The maximum absolute atomic E-state index is 12.8. The van der Waals surface area contributed by atoms with Gasteiger partial charge in [0.2, 0.25) is 10.0 Å². The normalized spacial score (nSPS) is 11.4. The lowest BCUT2D eigenvalue weighted by Crippen LogP contribution is -2.32. The van der Waals surface area contributed by atoms with E-state index in [0.717, 1.165) is 23.1 Å². The average Bonchev–Trinajstić information content (AvgIpc) is 2.54. The van der Waals surface area contributed by atoms with E-state index in [1.54, 1.807) is 12.4 Å². The zero-order valence-electron chi connectivity index (χ0n) is 14.0. The van der Waals surface area contributed by atoms with Crippen molar-refractivity contribution < 1.29 is 8.42 Å². The molecule has 1 heterocycles. The number of sulfonamides is 1. The SMILES string of the molecule is CCCCS(=O)(=O)N(Cc1cccnc1)c1ccc(C)c(C)c1. The van der Waals surface area contributed by atoms with Crippen molar-refractivity contribution in [2.24, 2.45) is 0 Å². The van der Waals surface area contributed by atoms with Gasteiger partial charge in [0, 0.05) is 12.4 Å². The van der Waals surface area contributed by atoms with Gasteiger partial charge in [-0.15, -0.1) is 0 Å². The van der Waals surface area contributed by atoms with Gasteiger partial charge in [0.1, 0.15) is 0 Å². The molecule has 1 aromatic carbocycles. The molecule has 0 radical (unpaired) electrons. The molecule has 2 aromatic rings. The summed E-state index contributed by atoms with van der Waals surface area (Å²) in [5.74, 6) is 0.163. The Bertz CT molecular complexity index is 743. The number of rotatable bonds is 7. The molecule has 0 atom stereocenters. The van der Waals surface area contributed by atoms with Gasteiger partial charge in [0.25, 0.3) is 0 Å². The van der Waals surface area contributed by atoms with E-state index in [1.807, 2.05) is 51.1 Å². The average molecular weight is 332 g/mol. The molecule has 23 heavy (non-hydrogen) atoms. The van der Waals surface area contributed by atoms with Gasteiger partial charge in [-0.1, -0.05) is 25.5 Å². The van der Waals surface area contributed by atoms with Crippen LogP contribution in [0.2, 0.25) is 0 Å². The largest absolute Gasteiger partial charge is 0.266 e. The van der Waals surface area contributed by atoms with E-state index in [0.29, 0.717) is 18.7 Å². The number of aromatic nitrogens is 1. The Hall–Kier alpha value is -1.88. The predicted octanol–water partition coefficient (Wildman–Crippen LogP) is 3.83. The van der Waals surface area contributed by atoms with Crippen molar-refractivity contribution in [2.75, 3.05) is 10.1 Å². The first-order valence-corrected chi connectivity index (χ1v) is 9.51. The summed E-state index contributed by atoms with van der Waals surface area (Å²) >= 11 is 0. The molecule has 0 saturated carbocycles. The first-order chi connectivity index (χ1) is 10.9. The molecule has 0 bridgehead atoms. The molecule has 2 rings (SSSR count). The van der Waals surface area contributed by atoms with E-state index in [1.165, 1.54) is 4.31 Å². The smallest absolute Gasteiger partial charge is 0.235 e. The van der Waals surface area contributed by atoms with Crippen LogP contribution in [0.15, 0.2) is 42.7 Å². The summed E-state index contributed by atoms with van der Waals surface area (Å²) in [6, 6.07) is 9.51. The number of hydrogen-bond donors (Lipinski definition) is 0. The van der Waals surface area contributed by atoms with Crippen LogP contribution in [0.1, 0.15) is 36.5 Å². The molecule has 0 aliphatic carbocycles. The van der Waals surface area contributed by atoms with Crippen molar-refractivity contribution >= 4 is 15.7 Å². The first-order valence-electron chi connectivity index (χ1n) is 7.90. The highest BCUT2D eigenvalue weighted by molar-refractivity contribution is 7.92. The van der Waals surface area contributed by atoms with E-state index >= 15 is 0 Å². The highest BCUT2D eigenvalue weighted by Crippen LogP contribution is 2.24. The lowest BCUT2D eigenvalue weighted by atomic mass is 10.1. The molecule has 1 aromatic heterocycles. The molecule has 5 heteroatoms. The van der Waals surface area contributed by atoms with Gasteiger partial charge in [-0.3, -0.25) is 9.29 Å². The Kier molecular flexibility index (Phi) is 5.77. The molecular formula is C18H24N2O2S. The van der Waals surface area contributed by atoms with Gasteiger partial charge in [-0.2, -0.15) is 0 Å². The van der Waals surface area contributed by atoms with Crippen LogP contribution in [0, 0.1) is 13.8 Å². The summed E-state index contributed by atoms with van der Waals surface area (Å²) in [5, 5.41) is 0. The van der Waals surface area contributed by atoms with Gasteiger partial charge in [-0.25, -0.2) is 8.42 Å². The van der Waals surface area contributed by atoms with Crippen LogP contribution in [0.4, 0.5) is 5.69 Å². The van der Waals surface area contributed by atoms with Gasteiger partial charge in [-0.05, 0) is 55.2 Å². The lowest BCUT2D eigenvalue weighted by molar-refractivity contribution is 0.587. The minimum absolute atomic E-state index is 0.163. The Morgan fingerprint density at radius 2 is 1.91 bits per heavy atom. The Labute approximate surface area is 139 Å². The predicted molar refractivity (Wildman–Crippen MR) is 95.0 cm³/mol. The molecule has 0 saturated heterocycles. The molecule has 0 aliphatic rings. The van der Waals surface area contributed by atoms with Crippen LogP contribution in [-0.2, 0) is 16.6 Å². The van der Waals surface area contributed by atoms with Gasteiger partial charge in [0.05, 0.1) is 18.0 Å². The van der Waals surface area contributed by atoms with Crippen LogP contribution >= 0.6 is 0 Å². The molecule has 0 fully saturated rings. The minimum Gasteiger partial charge on any atom is -0.266 e. The maximum Gasteiger partial charge on any atom is 0.235 e. The van der Waals surface area contributed by atoms with Gasteiger partial charge < -0.3 is 0 Å². The van der Waals surface area contributed by atoms with Crippen LogP contribution in [0.3, 0.4) is 0 Å². The van der Waals surface area contributed by atoms with Crippen molar-refractivity contribution in [2.45, 2.75) is 40.2 Å². The monoisotopic (exact) mass is 332 g/mol. The molecule has 0 aliphatic heterocycles. The van der Waals surface area contributed by atoms with Gasteiger partial charge >= 0.3 is 0 Å². The zero-order valence-corrected chi connectivity index (χ0v) is 14.8. The van der Waals surface area contributed by atoms with Crippen LogP contribution in [0.5, 0.6) is 0 Å². The third-order valence-electron chi connectivity index (χ3n) is 3.92. The molecular weight excluding hydrogens is 308 g/mol. The second-order valence-electron chi connectivity index (χ2n) is 5.81. The second-order valence-corrected chi connectivity index (χ2v) is 7.82. The topological polar surface area (TPSA) is 50.3 Å². The zero-order chi connectivity index (χ0) is 16.9. The molecule has 0 N–H and O–H groups in total. The fourth-order valence-electron chi connectivity index (χ4n) is 2.33. The maximum atomic E-state index is 12.8. The number of aryl methyl sites for hydroxylation is 2. The number of benzene rings is 1. The summed E-state index contributed by atoms with van der Waals surface area (Å²) < 4.78 is 27.1. The Morgan fingerprint density at radius 1 is 1.13 bits per heavy atom. The first kappa shape index (κ1) is 17.5. The molecule has 0 spiro atoms. The molecule has 0 amide bonds. The fraction of sp³-hybridized carbons (Fsp3) is 0.389. The molecule has 4 nitrogen and oxygen atoms in total. The van der Waals surface area contributed by atoms with E-state index in [2.05, 4.69) is 4.98 Å². The minimum atomic E-state index is -3.36. The quantitative estimate of drug-likeness (QED) is 0.774. The summed E-state index contributed by atoms with van der Waals surface area (Å²) in [5.41, 5.74) is 3.84. The standard InChI is InChI=1S/C18H24N2O2S/c1-4-5-11-23(21,22)20(14-17-7-6-10-19-13-17)18-9-8-15(2)16(3)12-18/h6-10,12-13H,4-5,11,14H2,1-3H3. The van der Waals surface area contributed by atoms with Crippen molar-refractivity contribution in [3.8, 4) is 0 Å². The molecule has 124 valence electrons. The third-order valence-corrected chi connectivity index (χ3v) is 5.74. The highest BCUT2D eigenvalue weighted by Gasteiger charge is 2.22.